The van der Waals surface area contributed by atoms with Gasteiger partial charge in [0.2, 0.25) is 21.1 Å². The standard InChI is InChI=1S/2C4H3Cl2N3/c2*1-2-7-3(5)9-4(6)8-2/h2*1H3. The Balaban J connectivity index is 0.000000180. The zero-order valence-corrected chi connectivity index (χ0v) is 12.2. The van der Waals surface area contributed by atoms with Gasteiger partial charge in [0.15, 0.2) is 0 Å². The Kier molecular flexibility index (Phi) is 5.87. The Bertz CT molecular complexity index is 399. The van der Waals surface area contributed by atoms with E-state index in [0.717, 1.165) is 0 Å². The molecule has 0 amide bonds. The van der Waals surface area contributed by atoms with E-state index in [1.54, 1.807) is 13.8 Å². The fourth-order valence-corrected chi connectivity index (χ4v) is 1.73. The van der Waals surface area contributed by atoms with Crippen molar-refractivity contribution >= 4 is 46.4 Å². The summed E-state index contributed by atoms with van der Waals surface area (Å²) in [6.07, 6.45) is 0. The molecule has 0 spiro atoms. The van der Waals surface area contributed by atoms with Crippen LogP contribution in [0.25, 0.3) is 0 Å². The lowest BCUT2D eigenvalue weighted by Crippen LogP contribution is -1.91. The van der Waals surface area contributed by atoms with Crippen molar-refractivity contribution in [3.05, 3.63) is 32.8 Å². The van der Waals surface area contributed by atoms with Gasteiger partial charge in [-0.3, -0.25) is 0 Å². The van der Waals surface area contributed by atoms with Crippen molar-refractivity contribution in [1.29, 1.82) is 0 Å². The summed E-state index contributed by atoms with van der Waals surface area (Å²) in [7, 11) is 0. The van der Waals surface area contributed by atoms with Crippen LogP contribution in [0.15, 0.2) is 0 Å². The van der Waals surface area contributed by atoms with E-state index >= 15 is 0 Å². The van der Waals surface area contributed by atoms with E-state index in [9.17, 15) is 0 Å². The highest BCUT2D eigenvalue weighted by Crippen LogP contribution is 2.05. The minimum Gasteiger partial charge on any atom is -0.203 e. The van der Waals surface area contributed by atoms with E-state index in [4.69, 9.17) is 46.4 Å². The molecule has 0 atom stereocenters. The highest BCUT2D eigenvalue weighted by molar-refractivity contribution is 6.31. The Morgan fingerprint density at radius 1 is 0.500 bits per heavy atom. The molecule has 18 heavy (non-hydrogen) atoms. The summed E-state index contributed by atoms with van der Waals surface area (Å²) in [6.45, 7) is 3.39. The van der Waals surface area contributed by atoms with Crippen LogP contribution in [0, 0.1) is 13.8 Å². The molecule has 0 saturated carbocycles. The number of aromatic nitrogens is 6. The second kappa shape index (κ2) is 6.94. The molecule has 0 aromatic carbocycles. The number of hydrogen-bond donors (Lipinski definition) is 0. The zero-order chi connectivity index (χ0) is 13.7. The minimum absolute atomic E-state index is 0.132. The third-order valence-corrected chi connectivity index (χ3v) is 2.06. The minimum atomic E-state index is 0.132. The van der Waals surface area contributed by atoms with Gasteiger partial charge in [0, 0.05) is 0 Å². The lowest BCUT2D eigenvalue weighted by Gasteiger charge is -1.90. The van der Waals surface area contributed by atoms with Gasteiger partial charge in [-0.05, 0) is 60.3 Å². The maximum absolute atomic E-state index is 5.40. The van der Waals surface area contributed by atoms with E-state index in [-0.39, 0.29) is 21.1 Å². The smallest absolute Gasteiger partial charge is 0.203 e. The molecule has 2 aromatic heterocycles. The van der Waals surface area contributed by atoms with Crippen molar-refractivity contribution in [2.75, 3.05) is 0 Å². The first-order valence-electron chi connectivity index (χ1n) is 4.44. The average Bonchev–Trinajstić information content (AvgIpc) is 2.12. The molecule has 0 aliphatic carbocycles. The Labute approximate surface area is 123 Å². The van der Waals surface area contributed by atoms with Gasteiger partial charge in [-0.15, -0.1) is 0 Å². The van der Waals surface area contributed by atoms with Crippen molar-refractivity contribution in [3.8, 4) is 0 Å². The lowest BCUT2D eigenvalue weighted by molar-refractivity contribution is 0.975. The third kappa shape index (κ3) is 5.68. The predicted molar refractivity (Wildman–Crippen MR) is 69.2 cm³/mol. The van der Waals surface area contributed by atoms with Crippen LogP contribution in [0.2, 0.25) is 21.1 Å². The molecule has 2 aromatic rings. The van der Waals surface area contributed by atoms with E-state index in [2.05, 4.69) is 29.9 Å². The summed E-state index contributed by atoms with van der Waals surface area (Å²) in [5, 5.41) is 0.528. The molecule has 6 nitrogen and oxygen atoms in total. The molecule has 0 unspecified atom stereocenters. The van der Waals surface area contributed by atoms with E-state index in [0.29, 0.717) is 11.6 Å². The van der Waals surface area contributed by atoms with Crippen LogP contribution in [0.5, 0.6) is 0 Å². The molecular formula is C8H6Cl4N6. The molecule has 2 rings (SSSR count). The molecule has 0 fully saturated rings. The zero-order valence-electron chi connectivity index (χ0n) is 9.20. The van der Waals surface area contributed by atoms with Gasteiger partial charge in [0.1, 0.15) is 11.6 Å². The Morgan fingerprint density at radius 3 is 0.889 bits per heavy atom. The van der Waals surface area contributed by atoms with Gasteiger partial charge in [0.05, 0.1) is 0 Å². The molecule has 0 N–H and O–H groups in total. The molecule has 0 radical (unpaired) electrons. The average molecular weight is 328 g/mol. The summed E-state index contributed by atoms with van der Waals surface area (Å²) in [5.41, 5.74) is 0. The number of hydrogen-bond acceptors (Lipinski definition) is 6. The Morgan fingerprint density at radius 2 is 0.722 bits per heavy atom. The number of rotatable bonds is 0. The summed E-state index contributed by atoms with van der Waals surface area (Å²) in [5.74, 6) is 1.06. The van der Waals surface area contributed by atoms with E-state index in [1.807, 2.05) is 0 Å². The van der Waals surface area contributed by atoms with Gasteiger partial charge >= 0.3 is 0 Å². The largest absolute Gasteiger partial charge is 0.226 e. The normalized spacial score (nSPS) is 9.67. The third-order valence-electron chi connectivity index (χ3n) is 1.39. The first-order chi connectivity index (χ1) is 8.36. The highest BCUT2D eigenvalue weighted by atomic mass is 35.5. The fraction of sp³-hybridized carbons (Fsp3) is 0.250. The number of halogens is 4. The van der Waals surface area contributed by atoms with Gasteiger partial charge in [-0.1, -0.05) is 0 Å². The first-order valence-corrected chi connectivity index (χ1v) is 5.95. The second-order valence-electron chi connectivity index (χ2n) is 2.84. The van der Waals surface area contributed by atoms with Crippen LogP contribution in [0.1, 0.15) is 11.6 Å². The SMILES string of the molecule is Cc1nc(Cl)nc(Cl)n1.Cc1nc(Cl)nc(Cl)n1. The monoisotopic (exact) mass is 326 g/mol. The van der Waals surface area contributed by atoms with Crippen LogP contribution in [0.3, 0.4) is 0 Å². The molecule has 10 heteroatoms. The van der Waals surface area contributed by atoms with Gasteiger partial charge in [-0.25, -0.2) is 19.9 Å². The van der Waals surface area contributed by atoms with Crippen LogP contribution in [-0.2, 0) is 0 Å². The summed E-state index contributed by atoms with van der Waals surface area (Å²) < 4.78 is 0. The molecule has 2 heterocycles. The van der Waals surface area contributed by atoms with Gasteiger partial charge in [-0.2, -0.15) is 9.97 Å². The van der Waals surface area contributed by atoms with Gasteiger partial charge in [0.25, 0.3) is 0 Å². The van der Waals surface area contributed by atoms with E-state index < -0.39 is 0 Å². The van der Waals surface area contributed by atoms with E-state index in [1.165, 1.54) is 0 Å². The van der Waals surface area contributed by atoms with Crippen molar-refractivity contribution in [3.63, 3.8) is 0 Å². The van der Waals surface area contributed by atoms with Crippen molar-refractivity contribution in [1.82, 2.24) is 29.9 Å². The van der Waals surface area contributed by atoms with Crippen molar-refractivity contribution < 1.29 is 0 Å². The topological polar surface area (TPSA) is 77.3 Å². The quantitative estimate of drug-likeness (QED) is 0.740. The maximum Gasteiger partial charge on any atom is 0.226 e. The molecule has 96 valence electrons. The second-order valence-corrected chi connectivity index (χ2v) is 4.19. The maximum atomic E-state index is 5.40. The number of aryl methyl sites for hydroxylation is 2. The van der Waals surface area contributed by atoms with Crippen LogP contribution < -0.4 is 0 Å². The molecule has 0 saturated heterocycles. The molecule has 0 bridgehead atoms. The highest BCUT2D eigenvalue weighted by Gasteiger charge is 1.96. The summed E-state index contributed by atoms with van der Waals surface area (Å²) in [6, 6.07) is 0. The molecular weight excluding hydrogens is 322 g/mol. The van der Waals surface area contributed by atoms with Crippen LogP contribution in [0.4, 0.5) is 0 Å². The molecule has 0 aliphatic rings. The Hall–Kier alpha value is -0.820. The fourth-order valence-electron chi connectivity index (χ4n) is 0.836. The van der Waals surface area contributed by atoms with Crippen LogP contribution >= 0.6 is 46.4 Å². The predicted octanol–water partition coefficient (Wildman–Crippen LogP) is 2.97. The number of nitrogens with zero attached hydrogens (tertiary/aromatic N) is 6. The van der Waals surface area contributed by atoms with Crippen LogP contribution in [-0.4, -0.2) is 29.9 Å². The first kappa shape index (κ1) is 15.2. The summed E-state index contributed by atoms with van der Waals surface area (Å²) in [4.78, 5) is 21.9. The lowest BCUT2D eigenvalue weighted by atomic mass is 10.7. The van der Waals surface area contributed by atoms with Gasteiger partial charge < -0.3 is 0 Å². The van der Waals surface area contributed by atoms with Crippen molar-refractivity contribution in [2.45, 2.75) is 13.8 Å². The van der Waals surface area contributed by atoms with Crippen molar-refractivity contribution in [2.24, 2.45) is 0 Å². The summed E-state index contributed by atoms with van der Waals surface area (Å²) >= 11 is 21.6. The molecule has 0 aliphatic heterocycles.